The second-order valence-electron chi connectivity index (χ2n) is 5.44. The van der Waals surface area contributed by atoms with E-state index >= 15 is 0 Å². The fourth-order valence-corrected chi connectivity index (χ4v) is 3.64. The number of hydrogen-bond donors (Lipinski definition) is 1. The van der Waals surface area contributed by atoms with Crippen LogP contribution in [0.4, 0.5) is 4.39 Å². The average Bonchev–Trinajstić information content (AvgIpc) is 3.02. The van der Waals surface area contributed by atoms with E-state index in [9.17, 15) is 4.39 Å². The van der Waals surface area contributed by atoms with Crippen LogP contribution in [0.2, 0.25) is 0 Å². The molecule has 0 spiro atoms. The Morgan fingerprint density at radius 3 is 2.44 bits per heavy atom. The van der Waals surface area contributed by atoms with Gasteiger partial charge in [0.25, 0.3) is 0 Å². The highest BCUT2D eigenvalue weighted by Gasteiger charge is 2.08. The van der Waals surface area contributed by atoms with E-state index in [2.05, 4.69) is 37.2 Å². The van der Waals surface area contributed by atoms with Gasteiger partial charge in [0.05, 0.1) is 6.54 Å². The summed E-state index contributed by atoms with van der Waals surface area (Å²) in [5.41, 5.74) is 2.14. The average molecular weight is 490 g/mol. The molecule has 0 radical (unpaired) electrons. The maximum Gasteiger partial charge on any atom is 0.135 e. The lowest BCUT2D eigenvalue weighted by Gasteiger charge is -2.04. The summed E-state index contributed by atoms with van der Waals surface area (Å²) in [5, 5.41) is 3.35. The summed E-state index contributed by atoms with van der Waals surface area (Å²) in [4.78, 5) is 0. The van der Waals surface area contributed by atoms with Crippen molar-refractivity contribution in [1.82, 2.24) is 5.32 Å². The summed E-state index contributed by atoms with van der Waals surface area (Å²) in [6.45, 7) is 1.47. The van der Waals surface area contributed by atoms with Crippen LogP contribution in [0.15, 0.2) is 68.0 Å². The molecule has 0 saturated heterocycles. The van der Waals surface area contributed by atoms with Gasteiger partial charge in [0, 0.05) is 14.5 Å². The van der Waals surface area contributed by atoms with Gasteiger partial charge in [-0.25, -0.2) is 4.39 Å². The summed E-state index contributed by atoms with van der Waals surface area (Å²) < 4.78 is 20.8. The van der Waals surface area contributed by atoms with Crippen LogP contribution in [0.3, 0.4) is 0 Å². The SMILES string of the molecule is Cl.Fc1ccc(CCNCc2ccc(-c3ccc(Br)cc3Br)o2)cc1. The summed E-state index contributed by atoms with van der Waals surface area (Å²) in [7, 11) is 0. The highest BCUT2D eigenvalue weighted by molar-refractivity contribution is 9.11. The van der Waals surface area contributed by atoms with Gasteiger partial charge in [-0.2, -0.15) is 0 Å². The van der Waals surface area contributed by atoms with E-state index in [0.29, 0.717) is 6.54 Å². The van der Waals surface area contributed by atoms with E-state index in [1.807, 2.05) is 42.5 Å². The largest absolute Gasteiger partial charge is 0.460 e. The highest BCUT2D eigenvalue weighted by atomic mass is 79.9. The van der Waals surface area contributed by atoms with E-state index in [1.165, 1.54) is 12.1 Å². The number of furan rings is 1. The van der Waals surface area contributed by atoms with Gasteiger partial charge in [-0.05, 0) is 76.9 Å². The molecule has 6 heteroatoms. The Hall–Kier alpha value is -1.14. The molecule has 0 bridgehead atoms. The number of hydrogen-bond acceptors (Lipinski definition) is 2. The van der Waals surface area contributed by atoms with Gasteiger partial charge in [-0.15, -0.1) is 12.4 Å². The Morgan fingerprint density at radius 2 is 1.72 bits per heavy atom. The molecule has 2 nitrogen and oxygen atoms in total. The van der Waals surface area contributed by atoms with Crippen LogP contribution in [0.1, 0.15) is 11.3 Å². The Bertz CT molecular complexity index is 821. The Labute approximate surface area is 169 Å². The molecular weight excluding hydrogens is 472 g/mol. The predicted molar refractivity (Wildman–Crippen MR) is 109 cm³/mol. The molecule has 3 aromatic rings. The summed E-state index contributed by atoms with van der Waals surface area (Å²) >= 11 is 7.00. The summed E-state index contributed by atoms with van der Waals surface area (Å²) in [6.07, 6.45) is 0.853. The minimum absolute atomic E-state index is 0. The second-order valence-corrected chi connectivity index (χ2v) is 7.21. The first kappa shape index (κ1) is 20.2. The third kappa shape index (κ3) is 5.68. The quantitative estimate of drug-likeness (QED) is 0.408. The normalized spacial score (nSPS) is 10.5. The van der Waals surface area contributed by atoms with Crippen LogP contribution in [-0.4, -0.2) is 6.54 Å². The molecule has 2 aromatic carbocycles. The second kappa shape index (κ2) is 9.53. The Morgan fingerprint density at radius 1 is 0.960 bits per heavy atom. The smallest absolute Gasteiger partial charge is 0.135 e. The third-order valence-corrected chi connectivity index (χ3v) is 4.81. The van der Waals surface area contributed by atoms with E-state index in [0.717, 1.165) is 44.6 Å². The van der Waals surface area contributed by atoms with Crippen molar-refractivity contribution in [2.75, 3.05) is 6.54 Å². The maximum atomic E-state index is 12.9. The molecule has 1 aromatic heterocycles. The molecule has 1 N–H and O–H groups in total. The van der Waals surface area contributed by atoms with Gasteiger partial charge in [0.15, 0.2) is 0 Å². The zero-order chi connectivity index (χ0) is 16.9. The van der Waals surface area contributed by atoms with Crippen molar-refractivity contribution in [2.24, 2.45) is 0 Å². The van der Waals surface area contributed by atoms with Gasteiger partial charge in [0.2, 0.25) is 0 Å². The molecular formula is C19H17Br2ClFNO. The van der Waals surface area contributed by atoms with Crippen molar-refractivity contribution < 1.29 is 8.81 Å². The van der Waals surface area contributed by atoms with Gasteiger partial charge in [-0.3, -0.25) is 0 Å². The first-order chi connectivity index (χ1) is 11.6. The van der Waals surface area contributed by atoms with Crippen LogP contribution in [0.25, 0.3) is 11.3 Å². The van der Waals surface area contributed by atoms with Crippen molar-refractivity contribution in [3.05, 3.63) is 80.7 Å². The third-order valence-electron chi connectivity index (χ3n) is 3.66. The lowest BCUT2D eigenvalue weighted by atomic mass is 10.1. The van der Waals surface area contributed by atoms with E-state index < -0.39 is 0 Å². The topological polar surface area (TPSA) is 25.2 Å². The molecule has 0 saturated carbocycles. The van der Waals surface area contributed by atoms with E-state index in [4.69, 9.17) is 4.42 Å². The molecule has 0 unspecified atom stereocenters. The van der Waals surface area contributed by atoms with Crippen molar-refractivity contribution in [1.29, 1.82) is 0 Å². The molecule has 0 aliphatic carbocycles. The molecule has 0 aliphatic rings. The molecule has 0 fully saturated rings. The molecule has 0 atom stereocenters. The van der Waals surface area contributed by atoms with Gasteiger partial charge < -0.3 is 9.73 Å². The fraction of sp³-hybridized carbons (Fsp3) is 0.158. The zero-order valence-electron chi connectivity index (χ0n) is 13.3. The minimum Gasteiger partial charge on any atom is -0.460 e. The Kier molecular flexibility index (Phi) is 7.69. The highest BCUT2D eigenvalue weighted by Crippen LogP contribution is 2.31. The Balaban J connectivity index is 0.00000225. The van der Waals surface area contributed by atoms with Crippen LogP contribution >= 0.6 is 44.3 Å². The number of rotatable bonds is 6. The molecule has 0 amide bonds. The molecule has 132 valence electrons. The van der Waals surface area contributed by atoms with Crippen molar-refractivity contribution in [3.8, 4) is 11.3 Å². The predicted octanol–water partition coefficient (Wildman–Crippen LogP) is 6.36. The van der Waals surface area contributed by atoms with Crippen LogP contribution in [-0.2, 0) is 13.0 Å². The summed E-state index contributed by atoms with van der Waals surface area (Å²) in [6, 6.07) is 16.6. The van der Waals surface area contributed by atoms with E-state index in [-0.39, 0.29) is 18.2 Å². The number of benzene rings is 2. The lowest BCUT2D eigenvalue weighted by Crippen LogP contribution is -2.16. The van der Waals surface area contributed by atoms with Crippen LogP contribution in [0, 0.1) is 5.82 Å². The van der Waals surface area contributed by atoms with Gasteiger partial charge >= 0.3 is 0 Å². The fourth-order valence-electron chi connectivity index (χ4n) is 2.40. The van der Waals surface area contributed by atoms with Crippen molar-refractivity contribution in [3.63, 3.8) is 0 Å². The summed E-state index contributed by atoms with van der Waals surface area (Å²) in [5.74, 6) is 1.53. The maximum absolute atomic E-state index is 12.9. The monoisotopic (exact) mass is 487 g/mol. The van der Waals surface area contributed by atoms with Crippen LogP contribution < -0.4 is 5.32 Å². The molecule has 25 heavy (non-hydrogen) atoms. The standard InChI is InChI=1S/C19H16Br2FNO.ClH/c20-14-3-7-17(18(21)11-14)19-8-6-16(24-19)12-23-10-9-13-1-4-15(22)5-2-13;/h1-8,11,23H,9-10,12H2;1H. The number of halogens is 4. The number of nitrogens with one attached hydrogen (secondary N) is 1. The van der Waals surface area contributed by atoms with Crippen molar-refractivity contribution >= 4 is 44.3 Å². The first-order valence-electron chi connectivity index (χ1n) is 7.61. The van der Waals surface area contributed by atoms with Crippen molar-refractivity contribution in [2.45, 2.75) is 13.0 Å². The first-order valence-corrected chi connectivity index (χ1v) is 9.20. The van der Waals surface area contributed by atoms with Crippen LogP contribution in [0.5, 0.6) is 0 Å². The molecule has 1 heterocycles. The molecule has 3 rings (SSSR count). The molecule has 0 aliphatic heterocycles. The zero-order valence-corrected chi connectivity index (χ0v) is 17.3. The minimum atomic E-state index is -0.200. The van der Waals surface area contributed by atoms with E-state index in [1.54, 1.807) is 0 Å². The van der Waals surface area contributed by atoms with Gasteiger partial charge in [-0.1, -0.05) is 28.1 Å². The van der Waals surface area contributed by atoms with Gasteiger partial charge in [0.1, 0.15) is 17.3 Å². The lowest BCUT2D eigenvalue weighted by molar-refractivity contribution is 0.494.